The maximum Gasteiger partial charge on any atom is 0.305 e. The Kier molecular flexibility index (Phi) is 14.1. The number of ether oxygens (including phenoxy) is 2. The van der Waals surface area contributed by atoms with Crippen molar-refractivity contribution in [2.24, 2.45) is 0 Å². The quantitative estimate of drug-likeness (QED) is 0.175. The molecule has 8 bridgehead atoms. The average molecular weight is 797 g/mol. The number of carbonyl (C=O) groups excluding carboxylic acids is 2. The summed E-state index contributed by atoms with van der Waals surface area (Å²) in [6.45, 7) is 15.4. The number of rotatable bonds is 12. The van der Waals surface area contributed by atoms with Crippen LogP contribution in [0.5, 0.6) is 0 Å². The molecule has 2 saturated heterocycles. The Morgan fingerprint density at radius 3 is 1.47 bits per heavy atom. The van der Waals surface area contributed by atoms with Crippen molar-refractivity contribution in [1.82, 2.24) is 29.7 Å². The van der Waals surface area contributed by atoms with E-state index in [0.717, 1.165) is 106 Å². The third-order valence-electron chi connectivity index (χ3n) is 12.7. The van der Waals surface area contributed by atoms with Crippen LogP contribution in [0, 0.1) is 13.8 Å². The molecule has 7 rings (SSSR count). The topological polar surface area (TPSA) is 116 Å². The van der Waals surface area contributed by atoms with Crippen LogP contribution >= 0.6 is 12.4 Å². The van der Waals surface area contributed by atoms with Gasteiger partial charge in [-0.2, -0.15) is 0 Å². The molecule has 2 N–H and O–H groups in total. The first-order chi connectivity index (χ1) is 27.1. The maximum atomic E-state index is 12.4. The fourth-order valence-electron chi connectivity index (χ4n) is 9.05. The summed E-state index contributed by atoms with van der Waals surface area (Å²) in [5, 5.41) is 0. The van der Waals surface area contributed by atoms with Gasteiger partial charge in [0.1, 0.15) is 0 Å². The number of aromatic amines is 2. The molecule has 7 heterocycles. The number of methoxy groups -OCH3 is 2. The monoisotopic (exact) mass is 796 g/mol. The number of aryl methyl sites for hydroxylation is 3. The molecule has 3 aromatic rings. The Balaban J connectivity index is 0.00000549. The first-order valence-corrected chi connectivity index (χ1v) is 20.9. The van der Waals surface area contributed by atoms with Crippen LogP contribution in [0.2, 0.25) is 0 Å². The van der Waals surface area contributed by atoms with Crippen molar-refractivity contribution in [2.75, 3.05) is 53.5 Å². The molecule has 57 heavy (non-hydrogen) atoms. The molecular weight excluding hydrogens is 736 g/mol. The van der Waals surface area contributed by atoms with Gasteiger partial charge in [-0.25, -0.2) is 9.97 Å². The van der Waals surface area contributed by atoms with Crippen molar-refractivity contribution in [2.45, 2.75) is 105 Å². The molecule has 11 heteroatoms. The van der Waals surface area contributed by atoms with Crippen molar-refractivity contribution in [1.29, 1.82) is 0 Å². The van der Waals surface area contributed by atoms with E-state index in [0.29, 0.717) is 12.8 Å². The van der Waals surface area contributed by atoms with Gasteiger partial charge in [0.15, 0.2) is 0 Å². The third-order valence-corrected chi connectivity index (χ3v) is 12.7. The zero-order valence-corrected chi connectivity index (χ0v) is 35.7. The average Bonchev–Trinajstić information content (AvgIpc) is 3.87. The standard InChI is InChI=1S/C46H60N6O4.ClH/c1-29-33(13-15-45(53)55-5)43-28-44-34(14-16-46(54)56-6)30(2)39(50-44)26-42-36(18-24-52-21-11-8-12-22-52)32(4)40(49-42)27-41-35(17-23-51-19-9-7-10-20-51)31(3)38(47-41)25-37(29)48-43;/h25-28,47,50H,7-24H2,1-6H3;1H. The van der Waals surface area contributed by atoms with Crippen LogP contribution in [0.3, 0.4) is 0 Å². The highest BCUT2D eigenvalue weighted by atomic mass is 35.5. The molecule has 0 radical (unpaired) electrons. The smallest absolute Gasteiger partial charge is 0.305 e. The van der Waals surface area contributed by atoms with Crippen LogP contribution in [0.15, 0.2) is 24.3 Å². The second kappa shape index (κ2) is 19.0. The van der Waals surface area contributed by atoms with Gasteiger partial charge < -0.3 is 29.2 Å². The summed E-state index contributed by atoms with van der Waals surface area (Å²) in [6, 6.07) is 8.76. The lowest BCUT2D eigenvalue weighted by Crippen LogP contribution is -2.31. The molecule has 4 aliphatic heterocycles. The first kappa shape index (κ1) is 42.4. The third kappa shape index (κ3) is 9.56. The predicted molar refractivity (Wildman–Crippen MR) is 233 cm³/mol. The first-order valence-electron chi connectivity index (χ1n) is 20.9. The van der Waals surface area contributed by atoms with Crippen LogP contribution < -0.4 is 0 Å². The van der Waals surface area contributed by atoms with Crippen molar-refractivity contribution < 1.29 is 19.1 Å². The van der Waals surface area contributed by atoms with Gasteiger partial charge in [0, 0.05) is 48.0 Å². The van der Waals surface area contributed by atoms with Gasteiger partial charge in [-0.3, -0.25) is 9.59 Å². The molecule has 0 unspecified atom stereocenters. The van der Waals surface area contributed by atoms with E-state index in [2.05, 4.69) is 71.7 Å². The second-order valence-corrected chi connectivity index (χ2v) is 16.1. The van der Waals surface area contributed by atoms with Gasteiger partial charge in [-0.1, -0.05) is 12.8 Å². The summed E-state index contributed by atoms with van der Waals surface area (Å²) in [4.78, 5) is 48.3. The lowest BCUT2D eigenvalue weighted by Gasteiger charge is -2.26. The number of piperidine rings is 2. The Morgan fingerprint density at radius 2 is 0.965 bits per heavy atom. The van der Waals surface area contributed by atoms with Gasteiger partial charge in [-0.15, -0.1) is 12.4 Å². The number of esters is 2. The van der Waals surface area contributed by atoms with Gasteiger partial charge in [0.05, 0.1) is 37.0 Å². The van der Waals surface area contributed by atoms with Crippen molar-refractivity contribution in [3.05, 3.63) is 69.3 Å². The SMILES string of the molecule is COC(=O)CCC1=C(C)c2cc3[nH]c(cc4nc(cc5[nH]c(cc1n2)c(CCC(=O)OC)c5C)C(CCN1CCCCC1)=C4C)c(CCN1CCCCC1)c3C.Cl. The van der Waals surface area contributed by atoms with Crippen LogP contribution in [0.4, 0.5) is 0 Å². The number of likely N-dealkylation sites (tertiary alicyclic amines) is 2. The summed E-state index contributed by atoms with van der Waals surface area (Å²) in [5.41, 5.74) is 17.0. The van der Waals surface area contributed by atoms with Crippen molar-refractivity contribution in [3.8, 4) is 0 Å². The molecule has 0 atom stereocenters. The molecular formula is C46H61ClN6O4. The zero-order chi connectivity index (χ0) is 39.3. The summed E-state index contributed by atoms with van der Waals surface area (Å²) in [7, 11) is 2.87. The fourth-order valence-corrected chi connectivity index (χ4v) is 9.05. The van der Waals surface area contributed by atoms with Gasteiger partial charge in [0.25, 0.3) is 0 Å². The zero-order valence-electron chi connectivity index (χ0n) is 34.9. The molecule has 306 valence electrons. The number of allylic oxidation sites excluding steroid dienone is 3. The van der Waals surface area contributed by atoms with Gasteiger partial charge >= 0.3 is 11.9 Å². The van der Waals surface area contributed by atoms with E-state index in [9.17, 15) is 9.59 Å². The van der Waals surface area contributed by atoms with Crippen molar-refractivity contribution >= 4 is 68.7 Å². The minimum absolute atomic E-state index is 0. The van der Waals surface area contributed by atoms with E-state index in [1.165, 1.54) is 88.1 Å². The highest BCUT2D eigenvalue weighted by Crippen LogP contribution is 2.37. The highest BCUT2D eigenvalue weighted by molar-refractivity contribution is 5.95. The number of aromatic nitrogens is 4. The molecule has 4 aliphatic rings. The molecule has 0 aromatic carbocycles. The van der Waals surface area contributed by atoms with Crippen LogP contribution in [0.1, 0.15) is 123 Å². The number of nitrogens with zero attached hydrogens (tertiary/aromatic N) is 4. The largest absolute Gasteiger partial charge is 0.469 e. The van der Waals surface area contributed by atoms with E-state index in [1.54, 1.807) is 0 Å². The molecule has 0 amide bonds. The van der Waals surface area contributed by atoms with Crippen LogP contribution in [-0.2, 0) is 31.9 Å². The number of halogens is 1. The Labute approximate surface area is 344 Å². The highest BCUT2D eigenvalue weighted by Gasteiger charge is 2.23. The van der Waals surface area contributed by atoms with E-state index in [4.69, 9.17) is 19.4 Å². The van der Waals surface area contributed by atoms with Crippen molar-refractivity contribution in [3.63, 3.8) is 0 Å². The normalized spacial score (nSPS) is 16.5. The fraction of sp³-hybridized carbons (Fsp3) is 0.522. The summed E-state index contributed by atoms with van der Waals surface area (Å²) >= 11 is 0. The van der Waals surface area contributed by atoms with Gasteiger partial charge in [0.2, 0.25) is 0 Å². The molecule has 2 fully saturated rings. The number of nitrogens with one attached hydrogen (secondary N) is 2. The molecule has 0 spiro atoms. The number of hydrogen-bond donors (Lipinski definition) is 2. The van der Waals surface area contributed by atoms with E-state index in [-0.39, 0.29) is 37.2 Å². The molecule has 0 saturated carbocycles. The Hall–Kier alpha value is -4.25. The number of H-pyrrole nitrogens is 2. The molecule has 0 aliphatic carbocycles. The lowest BCUT2D eigenvalue weighted by atomic mass is 9.99. The van der Waals surface area contributed by atoms with Crippen LogP contribution in [-0.4, -0.2) is 95.2 Å². The Morgan fingerprint density at radius 1 is 0.561 bits per heavy atom. The number of fused-ring (bicyclic) bond motifs is 8. The molecule has 10 nitrogen and oxygen atoms in total. The second-order valence-electron chi connectivity index (χ2n) is 16.1. The van der Waals surface area contributed by atoms with E-state index in [1.807, 2.05) is 0 Å². The summed E-state index contributed by atoms with van der Waals surface area (Å²) in [6.07, 6.45) is 11.1. The lowest BCUT2D eigenvalue weighted by molar-refractivity contribution is -0.141. The predicted octanol–water partition coefficient (Wildman–Crippen LogP) is 9.18. The summed E-state index contributed by atoms with van der Waals surface area (Å²) in [5.74, 6) is -0.499. The number of hydrogen-bond acceptors (Lipinski definition) is 8. The van der Waals surface area contributed by atoms with Crippen LogP contribution in [0.25, 0.3) is 44.4 Å². The Bertz CT molecular complexity index is 2200. The van der Waals surface area contributed by atoms with E-state index >= 15 is 0 Å². The van der Waals surface area contributed by atoms with E-state index < -0.39 is 0 Å². The number of carbonyl (C=O) groups is 2. The summed E-state index contributed by atoms with van der Waals surface area (Å²) < 4.78 is 10.1. The maximum absolute atomic E-state index is 12.4. The molecule has 3 aromatic heterocycles. The minimum atomic E-state index is -0.252. The van der Waals surface area contributed by atoms with Gasteiger partial charge in [-0.05, 0) is 174 Å². The minimum Gasteiger partial charge on any atom is -0.469 e.